The van der Waals surface area contributed by atoms with Crippen LogP contribution >= 0.6 is 15.9 Å². The molecule has 1 aliphatic heterocycles. The lowest BCUT2D eigenvalue weighted by Crippen LogP contribution is -2.52. The summed E-state index contributed by atoms with van der Waals surface area (Å²) in [5.41, 5.74) is 0.726. The van der Waals surface area contributed by atoms with Crippen molar-refractivity contribution in [2.75, 3.05) is 13.7 Å². The van der Waals surface area contributed by atoms with Gasteiger partial charge in [-0.1, -0.05) is 34.1 Å². The smallest absolute Gasteiger partial charge is 0.329 e. The third-order valence-electron chi connectivity index (χ3n) is 2.95. The molecule has 2 rings (SSSR count). The first-order chi connectivity index (χ1) is 8.52. The van der Waals surface area contributed by atoms with Crippen molar-refractivity contribution in [2.24, 2.45) is 0 Å². The van der Waals surface area contributed by atoms with E-state index in [2.05, 4.69) is 15.9 Å². The third kappa shape index (κ3) is 2.26. The zero-order valence-electron chi connectivity index (χ0n) is 9.67. The van der Waals surface area contributed by atoms with E-state index in [0.29, 0.717) is 0 Å². The average molecular weight is 314 g/mol. The van der Waals surface area contributed by atoms with Crippen LogP contribution in [0.2, 0.25) is 0 Å². The van der Waals surface area contributed by atoms with Gasteiger partial charge < -0.3 is 14.7 Å². The van der Waals surface area contributed by atoms with Gasteiger partial charge in [-0.05, 0) is 11.6 Å². The van der Waals surface area contributed by atoms with Crippen molar-refractivity contribution < 1.29 is 19.4 Å². The number of carboxylic acids is 1. The largest absolute Gasteiger partial charge is 0.480 e. The van der Waals surface area contributed by atoms with E-state index < -0.39 is 18.1 Å². The second kappa shape index (κ2) is 5.07. The summed E-state index contributed by atoms with van der Waals surface area (Å²) in [6.45, 7) is -0.105. The Labute approximate surface area is 112 Å². The molecule has 6 heteroatoms. The van der Waals surface area contributed by atoms with E-state index in [-0.39, 0.29) is 12.5 Å². The number of halogens is 1. The number of nitrogens with zero attached hydrogens (tertiary/aromatic N) is 1. The lowest BCUT2D eigenvalue weighted by atomic mass is 9.99. The van der Waals surface area contributed by atoms with Crippen LogP contribution in [0.4, 0.5) is 0 Å². The van der Waals surface area contributed by atoms with Gasteiger partial charge in [-0.15, -0.1) is 0 Å². The number of ether oxygens (including phenoxy) is 1. The molecule has 0 spiro atoms. The Kier molecular flexibility index (Phi) is 3.68. The molecule has 0 aromatic heterocycles. The Morgan fingerprint density at radius 2 is 2.17 bits per heavy atom. The SMILES string of the molecule is CN1C(=O)COC(c2ccccc2Br)C1C(=O)O. The van der Waals surface area contributed by atoms with E-state index in [1.54, 1.807) is 12.1 Å². The Bertz CT molecular complexity index is 491. The Morgan fingerprint density at radius 1 is 1.50 bits per heavy atom. The van der Waals surface area contributed by atoms with Gasteiger partial charge in [0, 0.05) is 11.5 Å². The van der Waals surface area contributed by atoms with E-state index in [1.165, 1.54) is 11.9 Å². The molecule has 0 aliphatic carbocycles. The van der Waals surface area contributed by atoms with E-state index >= 15 is 0 Å². The molecule has 0 bridgehead atoms. The van der Waals surface area contributed by atoms with Gasteiger partial charge in [0.15, 0.2) is 6.04 Å². The zero-order chi connectivity index (χ0) is 13.3. The lowest BCUT2D eigenvalue weighted by molar-refractivity contribution is -0.169. The van der Waals surface area contributed by atoms with Crippen LogP contribution in [-0.2, 0) is 14.3 Å². The van der Waals surface area contributed by atoms with Crippen LogP contribution in [0.1, 0.15) is 11.7 Å². The Hall–Kier alpha value is -1.40. The molecule has 2 unspecified atom stereocenters. The predicted octanol–water partition coefficient (Wildman–Crippen LogP) is 1.43. The molecule has 1 amide bonds. The number of rotatable bonds is 2. The first-order valence-corrected chi connectivity index (χ1v) is 6.16. The number of hydrogen-bond donors (Lipinski definition) is 1. The number of carbonyl (C=O) groups excluding carboxylic acids is 1. The van der Waals surface area contributed by atoms with Crippen molar-refractivity contribution >= 4 is 27.8 Å². The molecule has 2 atom stereocenters. The zero-order valence-corrected chi connectivity index (χ0v) is 11.3. The summed E-state index contributed by atoms with van der Waals surface area (Å²) in [5.74, 6) is -1.41. The van der Waals surface area contributed by atoms with Crippen LogP contribution in [-0.4, -0.2) is 41.6 Å². The predicted molar refractivity (Wildman–Crippen MR) is 67.0 cm³/mol. The summed E-state index contributed by atoms with van der Waals surface area (Å²) in [7, 11) is 1.48. The van der Waals surface area contributed by atoms with Crippen molar-refractivity contribution in [1.82, 2.24) is 4.90 Å². The van der Waals surface area contributed by atoms with E-state index in [4.69, 9.17) is 4.74 Å². The molecule has 0 saturated carbocycles. The number of morpholine rings is 1. The van der Waals surface area contributed by atoms with Crippen molar-refractivity contribution in [2.45, 2.75) is 12.1 Å². The molecular formula is C12H12BrNO4. The molecule has 1 aliphatic rings. The highest BCUT2D eigenvalue weighted by Crippen LogP contribution is 2.32. The van der Waals surface area contributed by atoms with Crippen LogP contribution in [0.5, 0.6) is 0 Å². The first-order valence-electron chi connectivity index (χ1n) is 5.37. The standard InChI is InChI=1S/C12H12BrNO4/c1-14-9(15)6-18-11(10(14)12(16)17)7-4-2-3-5-8(7)13/h2-5,10-11H,6H2,1H3,(H,16,17). The summed E-state index contributed by atoms with van der Waals surface area (Å²) in [6.07, 6.45) is -0.666. The van der Waals surface area contributed by atoms with Crippen LogP contribution in [0.3, 0.4) is 0 Å². The molecule has 1 N–H and O–H groups in total. The monoisotopic (exact) mass is 313 g/mol. The molecule has 96 valence electrons. The molecule has 1 heterocycles. The van der Waals surface area contributed by atoms with Crippen molar-refractivity contribution in [3.63, 3.8) is 0 Å². The summed E-state index contributed by atoms with van der Waals surface area (Å²) >= 11 is 3.37. The molecule has 18 heavy (non-hydrogen) atoms. The van der Waals surface area contributed by atoms with Crippen LogP contribution in [0, 0.1) is 0 Å². The maximum Gasteiger partial charge on any atom is 0.329 e. The van der Waals surface area contributed by atoms with Crippen molar-refractivity contribution in [3.05, 3.63) is 34.3 Å². The summed E-state index contributed by atoms with van der Waals surface area (Å²) in [5, 5.41) is 9.26. The van der Waals surface area contributed by atoms with Gasteiger partial charge in [0.1, 0.15) is 12.7 Å². The number of carbonyl (C=O) groups is 2. The normalized spacial score (nSPS) is 24.1. The molecule has 1 saturated heterocycles. The molecule has 0 radical (unpaired) electrons. The number of likely N-dealkylation sites (N-methyl/N-ethyl adjacent to an activating group) is 1. The second-order valence-electron chi connectivity index (χ2n) is 4.04. The minimum absolute atomic E-state index is 0.105. The summed E-state index contributed by atoms with van der Waals surface area (Å²) < 4.78 is 6.17. The van der Waals surface area contributed by atoms with Gasteiger partial charge in [0.25, 0.3) is 0 Å². The van der Waals surface area contributed by atoms with Crippen LogP contribution < -0.4 is 0 Å². The highest BCUT2D eigenvalue weighted by molar-refractivity contribution is 9.10. The lowest BCUT2D eigenvalue weighted by Gasteiger charge is -2.36. The van der Waals surface area contributed by atoms with Gasteiger partial charge in [-0.25, -0.2) is 4.79 Å². The van der Waals surface area contributed by atoms with Gasteiger partial charge in [0.05, 0.1) is 0 Å². The highest BCUT2D eigenvalue weighted by atomic mass is 79.9. The number of hydrogen-bond acceptors (Lipinski definition) is 3. The third-order valence-corrected chi connectivity index (χ3v) is 3.67. The van der Waals surface area contributed by atoms with Gasteiger partial charge >= 0.3 is 5.97 Å². The number of benzene rings is 1. The fraction of sp³-hybridized carbons (Fsp3) is 0.333. The van der Waals surface area contributed by atoms with Crippen LogP contribution in [0.25, 0.3) is 0 Å². The topological polar surface area (TPSA) is 66.8 Å². The number of carboxylic acid groups (broad SMARTS) is 1. The molecule has 1 aromatic carbocycles. The van der Waals surface area contributed by atoms with E-state index in [1.807, 2.05) is 12.1 Å². The molecule has 1 aromatic rings. The fourth-order valence-electron chi connectivity index (χ4n) is 1.97. The molecular weight excluding hydrogens is 302 g/mol. The van der Waals surface area contributed by atoms with E-state index in [0.717, 1.165) is 10.0 Å². The maximum atomic E-state index is 11.5. The minimum atomic E-state index is -1.08. The second-order valence-corrected chi connectivity index (χ2v) is 4.90. The first kappa shape index (κ1) is 13.0. The van der Waals surface area contributed by atoms with Gasteiger partial charge in [-0.3, -0.25) is 4.79 Å². The van der Waals surface area contributed by atoms with Crippen molar-refractivity contribution in [1.29, 1.82) is 0 Å². The summed E-state index contributed by atoms with van der Waals surface area (Å²) in [6, 6.07) is 6.23. The fourth-order valence-corrected chi connectivity index (χ4v) is 2.48. The minimum Gasteiger partial charge on any atom is -0.480 e. The Morgan fingerprint density at radius 3 is 2.78 bits per heavy atom. The van der Waals surface area contributed by atoms with Gasteiger partial charge in [0.2, 0.25) is 5.91 Å². The molecule has 5 nitrogen and oxygen atoms in total. The average Bonchev–Trinajstić information content (AvgIpc) is 2.33. The number of amides is 1. The maximum absolute atomic E-state index is 11.5. The van der Waals surface area contributed by atoms with E-state index in [9.17, 15) is 14.7 Å². The molecule has 1 fully saturated rings. The number of aliphatic carboxylic acids is 1. The quantitative estimate of drug-likeness (QED) is 0.897. The Balaban J connectivity index is 2.40. The highest BCUT2D eigenvalue weighted by Gasteiger charge is 2.41. The van der Waals surface area contributed by atoms with Crippen molar-refractivity contribution in [3.8, 4) is 0 Å². The van der Waals surface area contributed by atoms with Gasteiger partial charge in [-0.2, -0.15) is 0 Å². The summed E-state index contributed by atoms with van der Waals surface area (Å²) in [4.78, 5) is 24.0. The van der Waals surface area contributed by atoms with Crippen LogP contribution in [0.15, 0.2) is 28.7 Å².